The highest BCUT2D eigenvalue weighted by atomic mass is 16.6. The lowest BCUT2D eigenvalue weighted by molar-refractivity contribution is -0.0251. The number of nitrogens with one attached hydrogen (secondary N) is 1. The number of nitrogens with zero attached hydrogens (tertiary/aromatic N) is 4. The standard InChI is InChI=1S/C31H37N5O4/c1-8-12-35(13-9-2)31(38)40-29-24(17-32)25(30(37)39-26-21(6)14-19(4)15-22(26)7)28-33-27(34-36(28)29)23-16-18(3)10-11-20(23)5/h8-11,16,19,21-22,26H,1-2,12-15H2,3-7H3,(H,33,34). The van der Waals surface area contributed by atoms with E-state index >= 15 is 0 Å². The Morgan fingerprint density at radius 2 is 1.82 bits per heavy atom. The highest BCUT2D eigenvalue weighted by molar-refractivity contribution is 6.01. The monoisotopic (exact) mass is 543 g/mol. The zero-order valence-corrected chi connectivity index (χ0v) is 23.9. The Labute approximate surface area is 235 Å². The van der Waals surface area contributed by atoms with Gasteiger partial charge < -0.3 is 19.4 Å². The van der Waals surface area contributed by atoms with E-state index < -0.39 is 12.1 Å². The molecule has 0 radical (unpaired) electrons. The molecule has 1 N–H and O–H groups in total. The minimum absolute atomic E-state index is 0.00799. The van der Waals surface area contributed by atoms with Crippen molar-refractivity contribution in [3.8, 4) is 23.3 Å². The molecule has 9 heteroatoms. The van der Waals surface area contributed by atoms with Gasteiger partial charge in [0.1, 0.15) is 23.3 Å². The summed E-state index contributed by atoms with van der Waals surface area (Å²) in [5.41, 5.74) is 2.92. The number of nitriles is 1. The van der Waals surface area contributed by atoms with Crippen molar-refractivity contribution in [2.24, 2.45) is 17.8 Å². The fourth-order valence-corrected chi connectivity index (χ4v) is 5.79. The molecule has 9 nitrogen and oxygen atoms in total. The molecule has 2 unspecified atom stereocenters. The molecule has 0 aliphatic heterocycles. The van der Waals surface area contributed by atoms with Crippen LogP contribution in [0.5, 0.6) is 5.88 Å². The van der Waals surface area contributed by atoms with Gasteiger partial charge in [0.15, 0.2) is 11.5 Å². The van der Waals surface area contributed by atoms with E-state index in [2.05, 4.69) is 50.1 Å². The Kier molecular flexibility index (Phi) is 8.48. The molecule has 0 saturated heterocycles. The van der Waals surface area contributed by atoms with Gasteiger partial charge in [0.05, 0.1) is 0 Å². The Bertz CT molecular complexity index is 1470. The summed E-state index contributed by atoms with van der Waals surface area (Å²) in [7, 11) is 0. The van der Waals surface area contributed by atoms with E-state index in [9.17, 15) is 14.9 Å². The number of hydrogen-bond acceptors (Lipinski definition) is 6. The number of aryl methyl sites for hydroxylation is 2. The van der Waals surface area contributed by atoms with Crippen LogP contribution in [-0.2, 0) is 4.74 Å². The number of fused-ring (bicyclic) bond motifs is 1. The van der Waals surface area contributed by atoms with Gasteiger partial charge in [-0.25, -0.2) is 9.59 Å². The molecule has 210 valence electrons. The number of amides is 1. The van der Waals surface area contributed by atoms with Crippen LogP contribution in [0.2, 0.25) is 0 Å². The lowest BCUT2D eigenvalue weighted by Crippen LogP contribution is -2.37. The summed E-state index contributed by atoms with van der Waals surface area (Å²) in [5.74, 6) is 0.543. The number of rotatable bonds is 8. The zero-order valence-electron chi connectivity index (χ0n) is 23.9. The van der Waals surface area contributed by atoms with Gasteiger partial charge in [-0.1, -0.05) is 50.6 Å². The van der Waals surface area contributed by atoms with E-state index in [4.69, 9.17) is 9.47 Å². The van der Waals surface area contributed by atoms with Gasteiger partial charge in [-0.2, -0.15) is 9.78 Å². The van der Waals surface area contributed by atoms with Crippen LogP contribution in [0.3, 0.4) is 0 Å². The summed E-state index contributed by atoms with van der Waals surface area (Å²) in [6, 6.07) is 8.02. The Morgan fingerprint density at radius 1 is 1.18 bits per heavy atom. The molecule has 1 amide bonds. The van der Waals surface area contributed by atoms with Crippen LogP contribution in [0.4, 0.5) is 4.79 Å². The smallest absolute Gasteiger partial charge is 0.417 e. The van der Waals surface area contributed by atoms with Gasteiger partial charge >= 0.3 is 12.1 Å². The predicted octanol–water partition coefficient (Wildman–Crippen LogP) is 6.22. The van der Waals surface area contributed by atoms with Crippen LogP contribution < -0.4 is 4.74 Å². The third-order valence-electron chi connectivity index (χ3n) is 7.56. The van der Waals surface area contributed by atoms with Crippen LogP contribution in [0.15, 0.2) is 43.5 Å². The lowest BCUT2D eigenvalue weighted by Gasteiger charge is -2.37. The number of carbonyl (C=O) groups is 2. The SMILES string of the molecule is C=CCN(CC=C)C(=O)Oc1c(C#N)c(C(=O)OC2C(C)CC(C)CC2C)c2[nH]c(-c3cc(C)ccc3C)nn12. The molecule has 40 heavy (non-hydrogen) atoms. The highest BCUT2D eigenvalue weighted by Gasteiger charge is 2.37. The molecule has 2 aromatic heterocycles. The molecule has 2 heterocycles. The molecule has 1 saturated carbocycles. The number of carbonyl (C=O) groups excluding carboxylic acids is 2. The summed E-state index contributed by atoms with van der Waals surface area (Å²) in [4.78, 5) is 31.5. The van der Waals surface area contributed by atoms with Crippen molar-refractivity contribution in [2.45, 2.75) is 53.6 Å². The third-order valence-corrected chi connectivity index (χ3v) is 7.56. The molecule has 4 rings (SSSR count). The molecular weight excluding hydrogens is 506 g/mol. The van der Waals surface area contributed by atoms with Gasteiger partial charge in [0.2, 0.25) is 5.88 Å². The van der Waals surface area contributed by atoms with Crippen molar-refractivity contribution in [2.75, 3.05) is 13.1 Å². The first kappa shape index (κ1) is 28.7. The second-order valence-corrected chi connectivity index (χ2v) is 11.0. The fraction of sp³-hybridized carbons (Fsp3) is 0.419. The maximum absolute atomic E-state index is 13.8. The lowest BCUT2D eigenvalue weighted by atomic mass is 9.75. The minimum atomic E-state index is -0.726. The number of benzene rings is 1. The Morgan fingerprint density at radius 3 is 2.42 bits per heavy atom. The molecule has 1 aliphatic rings. The summed E-state index contributed by atoms with van der Waals surface area (Å²) < 4.78 is 13.1. The molecule has 2 atom stereocenters. The summed E-state index contributed by atoms with van der Waals surface area (Å²) >= 11 is 0. The first-order chi connectivity index (χ1) is 19.1. The molecule has 3 aromatic rings. The molecule has 1 aliphatic carbocycles. The van der Waals surface area contributed by atoms with Gasteiger partial charge in [0, 0.05) is 18.7 Å². The molecular formula is C31H37N5O4. The van der Waals surface area contributed by atoms with E-state index in [0.29, 0.717) is 11.7 Å². The van der Waals surface area contributed by atoms with E-state index in [-0.39, 0.29) is 53.7 Å². The van der Waals surface area contributed by atoms with E-state index in [0.717, 1.165) is 29.5 Å². The maximum Gasteiger partial charge on any atom is 0.417 e. The normalized spacial score (nSPS) is 20.5. The Hall–Kier alpha value is -4.32. The summed E-state index contributed by atoms with van der Waals surface area (Å²) in [5, 5.41) is 14.8. The van der Waals surface area contributed by atoms with Crippen molar-refractivity contribution in [1.29, 1.82) is 5.26 Å². The summed E-state index contributed by atoms with van der Waals surface area (Å²) in [6.45, 7) is 18.1. The van der Waals surface area contributed by atoms with Crippen molar-refractivity contribution in [3.63, 3.8) is 0 Å². The van der Waals surface area contributed by atoms with Crippen molar-refractivity contribution >= 4 is 17.7 Å². The van der Waals surface area contributed by atoms with Crippen molar-refractivity contribution in [1.82, 2.24) is 19.5 Å². The highest BCUT2D eigenvalue weighted by Crippen LogP contribution is 2.37. The number of hydrogen-bond donors (Lipinski definition) is 1. The quantitative estimate of drug-likeness (QED) is 0.267. The van der Waals surface area contributed by atoms with Crippen molar-refractivity contribution in [3.05, 3.63) is 65.8 Å². The molecule has 1 aromatic carbocycles. The number of esters is 1. The van der Waals surface area contributed by atoms with Crippen LogP contribution in [-0.4, -0.2) is 50.8 Å². The largest absolute Gasteiger partial charge is 0.458 e. The maximum atomic E-state index is 13.8. The van der Waals surface area contributed by atoms with Gasteiger partial charge in [-0.15, -0.1) is 18.3 Å². The van der Waals surface area contributed by atoms with Gasteiger partial charge in [-0.05, 0) is 56.1 Å². The number of H-pyrrole nitrogens is 1. The molecule has 0 bridgehead atoms. The van der Waals surface area contributed by atoms with Crippen LogP contribution in [0.25, 0.3) is 17.0 Å². The van der Waals surface area contributed by atoms with Gasteiger partial charge in [-0.3, -0.25) is 0 Å². The molecule has 1 fully saturated rings. The van der Waals surface area contributed by atoms with Gasteiger partial charge in [0.25, 0.3) is 0 Å². The fourth-order valence-electron chi connectivity index (χ4n) is 5.79. The van der Waals surface area contributed by atoms with Crippen LogP contribution >= 0.6 is 0 Å². The number of aromatic nitrogens is 3. The van der Waals surface area contributed by atoms with Crippen LogP contribution in [0.1, 0.15) is 60.7 Å². The van der Waals surface area contributed by atoms with Crippen molar-refractivity contribution < 1.29 is 19.1 Å². The minimum Gasteiger partial charge on any atom is -0.458 e. The van der Waals surface area contributed by atoms with E-state index in [1.165, 1.54) is 9.42 Å². The first-order valence-corrected chi connectivity index (χ1v) is 13.6. The zero-order chi connectivity index (χ0) is 29.1. The first-order valence-electron chi connectivity index (χ1n) is 13.6. The second kappa shape index (κ2) is 11.8. The third kappa shape index (κ3) is 5.53. The van der Waals surface area contributed by atoms with Crippen LogP contribution in [0, 0.1) is 42.9 Å². The predicted molar refractivity (Wildman–Crippen MR) is 153 cm³/mol. The topological polar surface area (TPSA) is 113 Å². The number of ether oxygens (including phenoxy) is 2. The Balaban J connectivity index is 1.84. The van der Waals surface area contributed by atoms with E-state index in [1.54, 1.807) is 12.2 Å². The second-order valence-electron chi connectivity index (χ2n) is 11.0. The molecule has 0 spiro atoms. The number of aromatic amines is 1. The average molecular weight is 544 g/mol. The van der Waals surface area contributed by atoms with E-state index in [1.807, 2.05) is 32.0 Å². The average Bonchev–Trinajstić information content (AvgIpc) is 3.44. The summed E-state index contributed by atoms with van der Waals surface area (Å²) in [6.07, 6.45) is 4.00.